The summed E-state index contributed by atoms with van der Waals surface area (Å²) in [4.78, 5) is 26.0. The summed E-state index contributed by atoms with van der Waals surface area (Å²) >= 11 is 13.0. The van der Waals surface area contributed by atoms with Crippen molar-refractivity contribution in [3.63, 3.8) is 0 Å². The van der Waals surface area contributed by atoms with Gasteiger partial charge in [-0.1, -0.05) is 23.2 Å². The Morgan fingerprint density at radius 1 is 0.933 bits per heavy atom. The Kier molecular flexibility index (Phi) is 8.36. The van der Waals surface area contributed by atoms with Gasteiger partial charge in [-0.05, 0) is 50.7 Å². The third-order valence-electron chi connectivity index (χ3n) is 8.89. The molecular weight excluding hydrogens is 637 g/mol. The first-order valence-corrected chi connectivity index (χ1v) is 15.6. The van der Waals surface area contributed by atoms with E-state index in [1.807, 2.05) is 10.6 Å². The van der Waals surface area contributed by atoms with E-state index in [2.05, 4.69) is 20.9 Å². The highest BCUT2D eigenvalue weighted by atomic mass is 35.5. The number of benzene rings is 1. The predicted octanol–water partition coefficient (Wildman–Crippen LogP) is 7.16. The van der Waals surface area contributed by atoms with Gasteiger partial charge in [0.1, 0.15) is 0 Å². The fraction of sp³-hybridized carbons (Fsp3) is 0.552. The molecule has 3 aliphatic rings. The molecule has 3 saturated carbocycles. The maximum atomic E-state index is 14.1. The number of aromatic nitrogens is 4. The largest absolute Gasteiger partial charge is 0.369 e. The molecule has 0 bridgehead atoms. The van der Waals surface area contributed by atoms with Gasteiger partial charge in [0.2, 0.25) is 29.6 Å². The summed E-state index contributed by atoms with van der Waals surface area (Å²) < 4.78 is 58.2. The number of amides is 1. The van der Waals surface area contributed by atoms with E-state index in [1.54, 1.807) is 0 Å². The molecule has 2 aromatic heterocycles. The number of carbonyl (C=O) groups is 1. The third kappa shape index (κ3) is 6.70. The molecule has 0 radical (unpaired) electrons. The normalized spacial score (nSPS) is 25.6. The lowest BCUT2D eigenvalue weighted by Gasteiger charge is -2.29. The van der Waals surface area contributed by atoms with Gasteiger partial charge in [-0.15, -0.1) is 0 Å². The van der Waals surface area contributed by atoms with Crippen LogP contribution in [0.1, 0.15) is 75.8 Å². The lowest BCUT2D eigenvalue weighted by Crippen LogP contribution is -2.29. The van der Waals surface area contributed by atoms with E-state index in [9.17, 15) is 27.6 Å². The molecule has 2 heterocycles. The minimum atomic E-state index is -2.82. The van der Waals surface area contributed by atoms with Crippen LogP contribution >= 0.6 is 23.2 Å². The van der Waals surface area contributed by atoms with Gasteiger partial charge < -0.3 is 21.7 Å². The average molecular weight is 669 g/mol. The molecule has 240 valence electrons. The summed E-state index contributed by atoms with van der Waals surface area (Å²) in [5.74, 6) is -5.79. The number of nitrogens with two attached hydrogens (primary N) is 1. The molecule has 0 aliphatic heterocycles. The maximum Gasteiger partial charge on any atom is 0.250 e. The number of hydrogen-bond donors (Lipinski definition) is 4. The zero-order chi connectivity index (χ0) is 32.1. The van der Waals surface area contributed by atoms with E-state index in [0.29, 0.717) is 31.3 Å². The Bertz CT molecular complexity index is 1650. The molecular formula is C29H31Cl2F4N9O. The highest BCUT2D eigenvalue weighted by Crippen LogP contribution is 2.42. The zero-order valence-electron chi connectivity index (χ0n) is 24.0. The maximum absolute atomic E-state index is 14.1. The minimum absolute atomic E-state index is 0.0606. The quantitative estimate of drug-likeness (QED) is 0.185. The topological polar surface area (TPSA) is 147 Å². The van der Waals surface area contributed by atoms with Crippen molar-refractivity contribution in [1.82, 2.24) is 19.5 Å². The monoisotopic (exact) mass is 667 g/mol. The lowest BCUT2D eigenvalue weighted by molar-refractivity contribution is -0.122. The number of carbonyl (C=O) groups excluding carboxylic acids is 1. The summed E-state index contributed by atoms with van der Waals surface area (Å²) in [6.45, 7) is 0. The van der Waals surface area contributed by atoms with Crippen molar-refractivity contribution in [2.75, 3.05) is 16.0 Å². The number of halogens is 6. The van der Waals surface area contributed by atoms with Gasteiger partial charge in [0.15, 0.2) is 17.0 Å². The van der Waals surface area contributed by atoms with Crippen molar-refractivity contribution in [2.24, 2.45) is 11.7 Å². The van der Waals surface area contributed by atoms with Crippen LogP contribution in [-0.4, -0.2) is 49.4 Å². The van der Waals surface area contributed by atoms with Crippen LogP contribution in [0.4, 0.5) is 41.0 Å². The number of fused-ring (bicyclic) bond motifs is 1. The number of nitriles is 1. The van der Waals surface area contributed by atoms with Crippen LogP contribution in [0, 0.1) is 17.2 Å². The van der Waals surface area contributed by atoms with Gasteiger partial charge in [0.05, 0.1) is 27.4 Å². The van der Waals surface area contributed by atoms with Crippen LogP contribution in [0.5, 0.6) is 0 Å². The number of alkyl halides is 4. The summed E-state index contributed by atoms with van der Waals surface area (Å²) in [5, 5.41) is 19.0. The van der Waals surface area contributed by atoms with Crippen molar-refractivity contribution in [3.05, 3.63) is 27.7 Å². The first-order chi connectivity index (χ1) is 21.3. The molecule has 10 nitrogen and oxygen atoms in total. The molecule has 0 spiro atoms. The molecule has 6 rings (SSSR count). The molecule has 16 heteroatoms. The molecule has 3 aromatic rings. The Labute approximate surface area is 266 Å². The highest BCUT2D eigenvalue weighted by Gasteiger charge is 2.41. The number of hydrogen-bond acceptors (Lipinski definition) is 8. The van der Waals surface area contributed by atoms with E-state index in [1.165, 1.54) is 12.1 Å². The Morgan fingerprint density at radius 3 is 2.07 bits per heavy atom. The van der Waals surface area contributed by atoms with Crippen LogP contribution in [0.3, 0.4) is 0 Å². The number of nitrogens with one attached hydrogen (secondary N) is 3. The van der Waals surface area contributed by atoms with Crippen molar-refractivity contribution in [3.8, 4) is 6.07 Å². The molecule has 2 atom stereocenters. The SMILES string of the molecule is N#Cc1cc(Cl)c(Nc2nc3c(N[C@@H]4CCC(F)(F)C4)nc(N[C@@H]4CCC(F)(F)C4)nc3n2C2CCC(C(N)=O)CC2)c(Cl)c1. The van der Waals surface area contributed by atoms with Gasteiger partial charge in [-0.3, -0.25) is 9.36 Å². The second-order valence-electron chi connectivity index (χ2n) is 12.2. The number of imidazole rings is 1. The van der Waals surface area contributed by atoms with Crippen LogP contribution in [0.25, 0.3) is 11.2 Å². The fourth-order valence-electron chi connectivity index (χ4n) is 6.58. The summed E-state index contributed by atoms with van der Waals surface area (Å²) in [5.41, 5.74) is 6.72. The second kappa shape index (κ2) is 12.0. The number of anilines is 4. The molecule has 1 amide bonds. The van der Waals surface area contributed by atoms with Gasteiger partial charge in [-0.25, -0.2) is 22.5 Å². The van der Waals surface area contributed by atoms with Crippen LogP contribution in [0.2, 0.25) is 10.0 Å². The van der Waals surface area contributed by atoms with E-state index < -0.39 is 30.3 Å². The van der Waals surface area contributed by atoms with E-state index >= 15 is 0 Å². The highest BCUT2D eigenvalue weighted by molar-refractivity contribution is 6.39. The average Bonchev–Trinajstić information content (AvgIpc) is 3.63. The zero-order valence-corrected chi connectivity index (χ0v) is 25.5. The lowest BCUT2D eigenvalue weighted by atomic mass is 9.85. The van der Waals surface area contributed by atoms with Crippen molar-refractivity contribution < 1.29 is 22.4 Å². The van der Waals surface area contributed by atoms with Crippen molar-refractivity contribution in [2.45, 2.75) is 94.2 Å². The summed E-state index contributed by atoms with van der Waals surface area (Å²) in [7, 11) is 0. The Morgan fingerprint density at radius 2 is 1.53 bits per heavy atom. The van der Waals surface area contributed by atoms with E-state index in [4.69, 9.17) is 38.9 Å². The van der Waals surface area contributed by atoms with Gasteiger partial charge >= 0.3 is 0 Å². The van der Waals surface area contributed by atoms with Crippen LogP contribution in [0.15, 0.2) is 12.1 Å². The fourth-order valence-corrected chi connectivity index (χ4v) is 7.16. The molecule has 0 unspecified atom stereocenters. The van der Waals surface area contributed by atoms with Gasteiger partial charge in [-0.2, -0.15) is 15.2 Å². The molecule has 1 aromatic carbocycles. The van der Waals surface area contributed by atoms with Gasteiger partial charge in [0.25, 0.3) is 0 Å². The Balaban J connectivity index is 1.46. The molecule has 3 fully saturated rings. The Hall–Kier alpha value is -3.57. The predicted molar refractivity (Wildman–Crippen MR) is 162 cm³/mol. The summed E-state index contributed by atoms with van der Waals surface area (Å²) in [6.07, 6.45) is 1.22. The van der Waals surface area contributed by atoms with E-state index in [0.717, 1.165) is 0 Å². The minimum Gasteiger partial charge on any atom is -0.369 e. The van der Waals surface area contributed by atoms with E-state index in [-0.39, 0.29) is 94.5 Å². The molecule has 3 aliphatic carbocycles. The number of rotatable bonds is 8. The van der Waals surface area contributed by atoms with Gasteiger partial charge in [0, 0.05) is 49.7 Å². The third-order valence-corrected chi connectivity index (χ3v) is 9.49. The van der Waals surface area contributed by atoms with Crippen LogP contribution < -0.4 is 21.7 Å². The number of nitrogens with zero attached hydrogens (tertiary/aromatic N) is 5. The first-order valence-electron chi connectivity index (χ1n) is 14.8. The first kappa shape index (κ1) is 31.4. The second-order valence-corrected chi connectivity index (χ2v) is 13.0. The number of primary amides is 1. The summed E-state index contributed by atoms with van der Waals surface area (Å²) in [6, 6.07) is 3.48. The standard InChI is InChI=1S/C29H31Cl2F4N9O/c30-19-9-14(13-36)10-20(31)21(19)40-27-41-22-24(38-16-5-7-28(32,33)11-16)42-26(39-17-6-8-29(34,35)12-17)43-25(22)44(27)18-3-1-15(2-4-18)23(37)45/h9-10,15-18H,1-8,11-12H2,(H2,37,45)(H,40,41)(H2,38,39,42,43)/t15?,16-,17-,18?/m1/s1. The van der Waals surface area contributed by atoms with Crippen LogP contribution in [-0.2, 0) is 4.79 Å². The molecule has 5 N–H and O–H groups in total. The smallest absolute Gasteiger partial charge is 0.250 e. The van der Waals surface area contributed by atoms with Crippen molar-refractivity contribution in [1.29, 1.82) is 5.26 Å². The van der Waals surface area contributed by atoms with Crippen molar-refractivity contribution >= 4 is 63.7 Å². The molecule has 45 heavy (non-hydrogen) atoms. The molecule has 0 saturated heterocycles.